The molecule has 0 aromatic heterocycles. The fourth-order valence-electron chi connectivity index (χ4n) is 2.09. The maximum Gasteiger partial charge on any atom is 0.425 e. The molecule has 0 heterocycles. The lowest BCUT2D eigenvalue weighted by Crippen LogP contribution is -2.65. The Morgan fingerprint density at radius 1 is 0.548 bits per heavy atom. The summed E-state index contributed by atoms with van der Waals surface area (Å²) in [6, 6.07) is -1.76. The largest absolute Gasteiger partial charge is 0.425 e. The van der Waals surface area contributed by atoms with Crippen molar-refractivity contribution >= 4 is 0 Å². The van der Waals surface area contributed by atoms with Crippen molar-refractivity contribution in [3.63, 3.8) is 0 Å². The van der Waals surface area contributed by atoms with Gasteiger partial charge in [-0.3, -0.25) is 0 Å². The lowest BCUT2D eigenvalue weighted by atomic mass is 9.90. The Morgan fingerprint density at radius 3 is 1.16 bits per heavy atom. The molecule has 0 saturated heterocycles. The number of rotatable bonds is 7. The first-order valence-electron chi connectivity index (χ1n) is 7.45. The first-order chi connectivity index (χ1) is 13.4. The van der Waals surface area contributed by atoms with E-state index in [9.17, 15) is 70.2 Å². The van der Waals surface area contributed by atoms with Crippen molar-refractivity contribution in [1.29, 1.82) is 0 Å². The van der Waals surface area contributed by atoms with Crippen LogP contribution in [0.5, 0.6) is 0 Å². The van der Waals surface area contributed by atoms with Crippen LogP contribution in [0.2, 0.25) is 0 Å². The van der Waals surface area contributed by atoms with E-state index >= 15 is 0 Å². The summed E-state index contributed by atoms with van der Waals surface area (Å²) in [4.78, 5) is 0. The molecule has 0 fully saturated rings. The van der Waals surface area contributed by atoms with Gasteiger partial charge in [0, 0.05) is 18.1 Å². The van der Waals surface area contributed by atoms with Gasteiger partial charge in [0.2, 0.25) is 0 Å². The Hall–Kier alpha value is -1.90. The van der Waals surface area contributed by atoms with Crippen LogP contribution < -0.4 is 0 Å². The second kappa shape index (κ2) is 7.32. The molecule has 0 aliphatic carbocycles. The second-order valence-electron chi connectivity index (χ2n) is 6.29. The fraction of sp³-hybridized carbons (Fsp3) is 0.600. The van der Waals surface area contributed by atoms with Gasteiger partial charge in [-0.25, -0.2) is 4.39 Å². The van der Waals surface area contributed by atoms with E-state index in [-0.39, 0.29) is 19.1 Å². The van der Waals surface area contributed by atoms with Crippen LogP contribution in [0, 0.1) is 0 Å². The molecular formula is C15H8F16. The van der Waals surface area contributed by atoms with E-state index in [1.54, 1.807) is 0 Å². The predicted octanol–water partition coefficient (Wildman–Crippen LogP) is 7.33. The number of benzene rings is 1. The zero-order valence-electron chi connectivity index (χ0n) is 14.4. The summed E-state index contributed by atoms with van der Waals surface area (Å²) in [5, 5.41) is 0. The molecule has 1 aromatic rings. The average molecular weight is 492 g/mol. The van der Waals surface area contributed by atoms with E-state index in [1.165, 1.54) is 0 Å². The SMILES string of the molecule is CC(F)(F)C(F)(F)c1ccc(C(F)(F)C(F)(F)C(F)(F)C(F)(F)C(F)C(F)(F)F)cc1. The minimum absolute atomic E-state index is 0.319. The summed E-state index contributed by atoms with van der Waals surface area (Å²) in [6.45, 7) is -0.319. The Labute approximate surface area is 161 Å². The molecule has 1 aromatic carbocycles. The van der Waals surface area contributed by atoms with Gasteiger partial charge in [-0.1, -0.05) is 24.3 Å². The third kappa shape index (κ3) is 4.13. The van der Waals surface area contributed by atoms with Gasteiger partial charge < -0.3 is 0 Å². The lowest BCUT2D eigenvalue weighted by Gasteiger charge is -2.38. The Bertz CT molecular complexity index is 768. The highest BCUT2D eigenvalue weighted by Crippen LogP contribution is 2.58. The van der Waals surface area contributed by atoms with Gasteiger partial charge in [-0.05, 0) is 0 Å². The van der Waals surface area contributed by atoms with Crippen LogP contribution >= 0.6 is 0 Å². The van der Waals surface area contributed by atoms with E-state index in [4.69, 9.17) is 0 Å². The molecule has 0 bridgehead atoms. The molecular weight excluding hydrogens is 484 g/mol. The van der Waals surface area contributed by atoms with E-state index < -0.39 is 71.1 Å². The molecule has 0 N–H and O–H groups in total. The van der Waals surface area contributed by atoms with Crippen LogP contribution in [0.15, 0.2) is 24.3 Å². The molecule has 0 amide bonds. The highest BCUT2D eigenvalue weighted by atomic mass is 19.4. The Kier molecular flexibility index (Phi) is 6.41. The molecule has 0 nitrogen and oxygen atoms in total. The number of hydrogen-bond acceptors (Lipinski definition) is 0. The van der Waals surface area contributed by atoms with Crippen LogP contribution in [-0.2, 0) is 11.8 Å². The van der Waals surface area contributed by atoms with Crippen LogP contribution in [0.3, 0.4) is 0 Å². The quantitative estimate of drug-likeness (QED) is 0.350. The van der Waals surface area contributed by atoms with Gasteiger partial charge >= 0.3 is 41.7 Å². The molecule has 0 aliphatic heterocycles. The standard InChI is InChI=1S/C15H8F16/c1-9(17,18)10(19,20)6-2-4-7(5-3-6)11(21,22)14(28,29)15(30,31)12(23,24)8(16)13(25,26)27/h2-5,8H,1H3. The summed E-state index contributed by atoms with van der Waals surface area (Å²) in [5.41, 5.74) is -4.21. The normalized spacial score (nSPS) is 16.4. The average Bonchev–Trinajstić information content (AvgIpc) is 2.58. The Balaban J connectivity index is 3.48. The van der Waals surface area contributed by atoms with Gasteiger partial charge in [-0.2, -0.15) is 65.9 Å². The first kappa shape index (κ1) is 27.1. The van der Waals surface area contributed by atoms with Crippen molar-refractivity contribution in [1.82, 2.24) is 0 Å². The summed E-state index contributed by atoms with van der Waals surface area (Å²) < 4.78 is 209. The van der Waals surface area contributed by atoms with Crippen molar-refractivity contribution in [2.45, 2.75) is 54.8 Å². The van der Waals surface area contributed by atoms with Gasteiger partial charge in [0.05, 0.1) is 0 Å². The van der Waals surface area contributed by atoms with Crippen LogP contribution in [-0.4, -0.2) is 36.0 Å². The molecule has 0 radical (unpaired) electrons. The van der Waals surface area contributed by atoms with E-state index in [2.05, 4.69) is 0 Å². The van der Waals surface area contributed by atoms with Crippen LogP contribution in [0.25, 0.3) is 0 Å². The van der Waals surface area contributed by atoms with Crippen LogP contribution in [0.4, 0.5) is 70.2 Å². The zero-order valence-corrected chi connectivity index (χ0v) is 14.4. The summed E-state index contributed by atoms with van der Waals surface area (Å²) >= 11 is 0. The lowest BCUT2D eigenvalue weighted by molar-refractivity contribution is -0.395. The minimum Gasteiger partial charge on any atom is -0.230 e. The summed E-state index contributed by atoms with van der Waals surface area (Å²) in [5.74, 6) is -38.8. The highest BCUT2D eigenvalue weighted by Gasteiger charge is 2.84. The molecule has 1 rings (SSSR count). The second-order valence-corrected chi connectivity index (χ2v) is 6.29. The van der Waals surface area contributed by atoms with E-state index in [0.29, 0.717) is 0 Å². The smallest absolute Gasteiger partial charge is 0.230 e. The maximum atomic E-state index is 13.9. The summed E-state index contributed by atoms with van der Waals surface area (Å²) in [7, 11) is 0. The van der Waals surface area contributed by atoms with Gasteiger partial charge in [0.1, 0.15) is 0 Å². The topological polar surface area (TPSA) is 0 Å². The minimum atomic E-state index is -7.66. The van der Waals surface area contributed by atoms with Gasteiger partial charge in [-0.15, -0.1) is 0 Å². The van der Waals surface area contributed by atoms with Crippen LogP contribution in [0.1, 0.15) is 18.1 Å². The van der Waals surface area contributed by atoms with E-state index in [1.807, 2.05) is 0 Å². The molecule has 180 valence electrons. The van der Waals surface area contributed by atoms with Crippen molar-refractivity contribution < 1.29 is 70.2 Å². The highest BCUT2D eigenvalue weighted by molar-refractivity contribution is 5.32. The number of hydrogen-bond donors (Lipinski definition) is 0. The molecule has 1 unspecified atom stereocenters. The van der Waals surface area contributed by atoms with Crippen molar-refractivity contribution in [3.05, 3.63) is 35.4 Å². The third-order valence-electron chi connectivity index (χ3n) is 3.97. The predicted molar refractivity (Wildman–Crippen MR) is 70.6 cm³/mol. The van der Waals surface area contributed by atoms with Gasteiger partial charge in [0.25, 0.3) is 6.17 Å². The molecule has 16 heteroatoms. The first-order valence-corrected chi connectivity index (χ1v) is 7.45. The monoisotopic (exact) mass is 492 g/mol. The molecule has 0 spiro atoms. The molecule has 31 heavy (non-hydrogen) atoms. The van der Waals surface area contributed by atoms with Gasteiger partial charge in [0.15, 0.2) is 0 Å². The fourth-order valence-corrected chi connectivity index (χ4v) is 2.09. The summed E-state index contributed by atoms with van der Waals surface area (Å²) in [6.07, 6.45) is -12.8. The molecule has 1 atom stereocenters. The van der Waals surface area contributed by atoms with Crippen molar-refractivity contribution in [3.8, 4) is 0 Å². The molecule has 0 saturated carbocycles. The van der Waals surface area contributed by atoms with Crippen molar-refractivity contribution in [2.75, 3.05) is 0 Å². The maximum absolute atomic E-state index is 13.9. The third-order valence-corrected chi connectivity index (χ3v) is 3.97. The number of alkyl halides is 16. The zero-order chi connectivity index (χ0) is 25.1. The Morgan fingerprint density at radius 2 is 0.871 bits per heavy atom. The van der Waals surface area contributed by atoms with E-state index in [0.717, 1.165) is 0 Å². The number of halogens is 16. The molecule has 0 aliphatic rings. The van der Waals surface area contributed by atoms with Crippen molar-refractivity contribution in [2.24, 2.45) is 0 Å².